The Bertz CT molecular complexity index is 1150. The number of rotatable bonds is 7. The molecular formula is C22H24N2O4S. The number of fused-ring (bicyclic) bond motifs is 1. The van der Waals surface area contributed by atoms with Gasteiger partial charge in [-0.1, -0.05) is 37.3 Å². The van der Waals surface area contributed by atoms with Crippen LogP contribution in [0.15, 0.2) is 63.9 Å². The lowest BCUT2D eigenvalue weighted by Crippen LogP contribution is -2.24. The van der Waals surface area contributed by atoms with Crippen LogP contribution in [0.5, 0.6) is 0 Å². The van der Waals surface area contributed by atoms with Gasteiger partial charge in [-0.05, 0) is 43.7 Å². The number of amides is 1. The summed E-state index contributed by atoms with van der Waals surface area (Å²) in [5, 5.41) is 3.93. The summed E-state index contributed by atoms with van der Waals surface area (Å²) in [5.41, 5.74) is 2.53. The van der Waals surface area contributed by atoms with Gasteiger partial charge in [0.15, 0.2) is 0 Å². The van der Waals surface area contributed by atoms with E-state index in [2.05, 4.69) is 10.0 Å². The van der Waals surface area contributed by atoms with Crippen LogP contribution >= 0.6 is 0 Å². The van der Waals surface area contributed by atoms with Gasteiger partial charge in [0.05, 0.1) is 10.9 Å². The van der Waals surface area contributed by atoms with E-state index in [9.17, 15) is 13.2 Å². The number of aryl methyl sites for hydroxylation is 1. The third-order valence-corrected chi connectivity index (χ3v) is 6.15. The van der Waals surface area contributed by atoms with Gasteiger partial charge in [0.1, 0.15) is 11.3 Å². The van der Waals surface area contributed by atoms with Crippen molar-refractivity contribution >= 4 is 33.0 Å². The minimum Gasteiger partial charge on any atom is -0.459 e. The van der Waals surface area contributed by atoms with Crippen molar-refractivity contribution in [2.75, 3.05) is 6.54 Å². The lowest BCUT2D eigenvalue weighted by molar-refractivity contribution is -0.117. The molecule has 3 rings (SSSR count). The minimum atomic E-state index is -3.48. The molecule has 1 aromatic heterocycles. The topological polar surface area (TPSA) is 88.4 Å². The van der Waals surface area contributed by atoms with Gasteiger partial charge in [-0.2, -0.15) is 0 Å². The molecule has 3 aromatic rings. The first-order valence-electron chi connectivity index (χ1n) is 9.38. The number of furan rings is 1. The van der Waals surface area contributed by atoms with Crippen molar-refractivity contribution in [3.05, 3.63) is 71.5 Å². The molecule has 1 amide bonds. The Morgan fingerprint density at radius 2 is 1.83 bits per heavy atom. The molecule has 0 aliphatic carbocycles. The summed E-state index contributed by atoms with van der Waals surface area (Å²) < 4.78 is 32.2. The van der Waals surface area contributed by atoms with Crippen molar-refractivity contribution in [2.45, 2.75) is 31.7 Å². The molecule has 152 valence electrons. The van der Waals surface area contributed by atoms with Gasteiger partial charge in [-0.25, -0.2) is 13.1 Å². The van der Waals surface area contributed by atoms with E-state index in [-0.39, 0.29) is 16.8 Å². The zero-order valence-corrected chi connectivity index (χ0v) is 17.4. The van der Waals surface area contributed by atoms with Crippen LogP contribution in [0.4, 0.5) is 0 Å². The Kier molecular flexibility index (Phi) is 6.20. The van der Waals surface area contributed by atoms with Gasteiger partial charge < -0.3 is 9.73 Å². The maximum absolute atomic E-state index is 12.3. The number of hydrogen-bond acceptors (Lipinski definition) is 4. The highest BCUT2D eigenvalue weighted by Crippen LogP contribution is 2.29. The average molecular weight is 413 g/mol. The van der Waals surface area contributed by atoms with Crippen LogP contribution in [0.3, 0.4) is 0 Å². The van der Waals surface area contributed by atoms with Crippen LogP contribution < -0.4 is 10.0 Å². The van der Waals surface area contributed by atoms with E-state index >= 15 is 0 Å². The van der Waals surface area contributed by atoms with Crippen molar-refractivity contribution in [2.24, 2.45) is 0 Å². The second kappa shape index (κ2) is 8.63. The summed E-state index contributed by atoms with van der Waals surface area (Å²) in [7, 11) is -3.48. The first-order chi connectivity index (χ1) is 13.8. The molecule has 0 radical (unpaired) electrons. The van der Waals surface area contributed by atoms with Gasteiger partial charge in [-0.3, -0.25) is 4.79 Å². The van der Waals surface area contributed by atoms with E-state index in [1.807, 2.05) is 38.1 Å². The number of para-hydroxylation sites is 1. The van der Waals surface area contributed by atoms with Crippen LogP contribution in [0.1, 0.15) is 36.8 Å². The number of carbonyl (C=O) groups excluding carboxylic acids is 1. The molecule has 0 fully saturated rings. The fourth-order valence-corrected chi connectivity index (χ4v) is 4.18. The highest BCUT2D eigenvalue weighted by molar-refractivity contribution is 7.89. The number of carbonyl (C=O) groups is 1. The van der Waals surface area contributed by atoms with Crippen LogP contribution in [-0.2, 0) is 14.8 Å². The van der Waals surface area contributed by atoms with Crippen LogP contribution in [-0.4, -0.2) is 20.9 Å². The second-order valence-corrected chi connectivity index (χ2v) is 8.49. The van der Waals surface area contributed by atoms with Gasteiger partial charge >= 0.3 is 0 Å². The Hall–Kier alpha value is -2.90. The van der Waals surface area contributed by atoms with Gasteiger partial charge in [0.25, 0.3) is 0 Å². The molecule has 1 unspecified atom stereocenters. The zero-order chi connectivity index (χ0) is 21.0. The smallest absolute Gasteiger partial charge is 0.244 e. The number of benzene rings is 2. The van der Waals surface area contributed by atoms with Crippen molar-refractivity contribution in [1.29, 1.82) is 0 Å². The SMILES string of the molecule is CCNS(=O)(=O)c1ccc(/C=C/C(=O)NC(C)c2oc3ccccc3c2C)cc1. The maximum atomic E-state index is 12.3. The lowest BCUT2D eigenvalue weighted by atomic mass is 10.1. The predicted molar refractivity (Wildman–Crippen MR) is 114 cm³/mol. The summed E-state index contributed by atoms with van der Waals surface area (Å²) in [6, 6.07) is 13.8. The van der Waals surface area contributed by atoms with Crippen molar-refractivity contribution in [1.82, 2.24) is 10.0 Å². The monoisotopic (exact) mass is 412 g/mol. The van der Waals surface area contributed by atoms with Crippen LogP contribution in [0, 0.1) is 6.92 Å². The normalized spacial score (nSPS) is 13.1. The molecule has 2 N–H and O–H groups in total. The van der Waals surface area contributed by atoms with Crippen molar-refractivity contribution in [3.63, 3.8) is 0 Å². The molecule has 1 atom stereocenters. The van der Waals surface area contributed by atoms with Crippen molar-refractivity contribution in [3.8, 4) is 0 Å². The molecule has 2 aromatic carbocycles. The predicted octanol–water partition coefficient (Wildman–Crippen LogP) is 3.93. The highest BCUT2D eigenvalue weighted by Gasteiger charge is 2.17. The lowest BCUT2D eigenvalue weighted by Gasteiger charge is -2.10. The first-order valence-corrected chi connectivity index (χ1v) is 10.9. The summed E-state index contributed by atoms with van der Waals surface area (Å²) in [6.45, 7) is 5.90. The third-order valence-electron chi connectivity index (χ3n) is 4.58. The molecule has 0 saturated heterocycles. The van der Waals surface area contributed by atoms with E-state index < -0.39 is 10.0 Å². The van der Waals surface area contributed by atoms with Crippen LogP contribution in [0.25, 0.3) is 17.0 Å². The molecule has 0 spiro atoms. The molecule has 0 aliphatic rings. The summed E-state index contributed by atoms with van der Waals surface area (Å²) in [6.07, 6.45) is 3.06. The Morgan fingerprint density at radius 3 is 2.48 bits per heavy atom. The summed E-state index contributed by atoms with van der Waals surface area (Å²) in [5.74, 6) is 0.465. The third kappa shape index (κ3) is 4.75. The molecule has 1 heterocycles. The van der Waals surface area contributed by atoms with Gasteiger partial charge in [0.2, 0.25) is 15.9 Å². The highest BCUT2D eigenvalue weighted by atomic mass is 32.2. The standard InChI is InChI=1S/C22H24N2O4S/c1-4-23-29(26,27)18-12-9-17(10-13-18)11-14-21(25)24-16(3)22-15(2)19-7-5-6-8-20(19)28-22/h5-14,16,23H,4H2,1-3H3,(H,24,25)/b14-11+. The molecule has 0 aliphatic heterocycles. The van der Waals surface area contributed by atoms with E-state index in [0.717, 1.165) is 27.9 Å². The maximum Gasteiger partial charge on any atom is 0.244 e. The van der Waals surface area contributed by atoms with E-state index in [0.29, 0.717) is 6.54 Å². The molecular weight excluding hydrogens is 388 g/mol. The molecule has 0 bridgehead atoms. The molecule has 29 heavy (non-hydrogen) atoms. The Labute approximate surface area is 170 Å². The van der Waals surface area contributed by atoms with Crippen molar-refractivity contribution < 1.29 is 17.6 Å². The quantitative estimate of drug-likeness (QED) is 0.576. The number of sulfonamides is 1. The molecule has 7 heteroatoms. The van der Waals surface area contributed by atoms with Gasteiger partial charge in [0, 0.05) is 23.6 Å². The Balaban J connectivity index is 1.67. The fraction of sp³-hybridized carbons (Fsp3) is 0.227. The summed E-state index contributed by atoms with van der Waals surface area (Å²) in [4.78, 5) is 12.5. The number of hydrogen-bond donors (Lipinski definition) is 2. The molecule has 0 saturated carbocycles. The van der Waals surface area contributed by atoms with E-state index in [1.165, 1.54) is 18.2 Å². The summed E-state index contributed by atoms with van der Waals surface area (Å²) >= 11 is 0. The van der Waals surface area contributed by atoms with Crippen LogP contribution in [0.2, 0.25) is 0 Å². The van der Waals surface area contributed by atoms with Gasteiger partial charge in [-0.15, -0.1) is 0 Å². The largest absolute Gasteiger partial charge is 0.459 e. The van der Waals surface area contributed by atoms with E-state index in [1.54, 1.807) is 25.1 Å². The van der Waals surface area contributed by atoms with E-state index in [4.69, 9.17) is 4.42 Å². The first kappa shape index (κ1) is 20.8. The zero-order valence-electron chi connectivity index (χ0n) is 16.6. The molecule has 6 nitrogen and oxygen atoms in total. The minimum absolute atomic E-state index is 0.190. The second-order valence-electron chi connectivity index (χ2n) is 6.72. The average Bonchev–Trinajstić information content (AvgIpc) is 3.04. The number of nitrogens with one attached hydrogen (secondary N) is 2. The Morgan fingerprint density at radius 1 is 1.14 bits per heavy atom. The fourth-order valence-electron chi connectivity index (χ4n) is 3.14.